The van der Waals surface area contributed by atoms with E-state index in [1.807, 2.05) is 42.5 Å². The van der Waals surface area contributed by atoms with Crippen LogP contribution in [0.2, 0.25) is 0 Å². The largest absolute Gasteiger partial charge is 0.371 e. The van der Waals surface area contributed by atoms with Crippen molar-refractivity contribution in [2.75, 3.05) is 36.0 Å². The zero-order chi connectivity index (χ0) is 26.0. The molecule has 1 heterocycles. The minimum absolute atomic E-state index is 0.0940. The van der Waals surface area contributed by atoms with Crippen molar-refractivity contribution in [3.63, 3.8) is 0 Å². The first kappa shape index (κ1) is 26.5. The van der Waals surface area contributed by atoms with E-state index < -0.39 is 5.82 Å². The highest BCUT2D eigenvalue weighted by molar-refractivity contribution is 8.04. The fraction of sp³-hybridized carbons (Fsp3) is 0.267. The van der Waals surface area contributed by atoms with Gasteiger partial charge < -0.3 is 10.2 Å². The van der Waals surface area contributed by atoms with E-state index in [9.17, 15) is 14.0 Å². The Morgan fingerprint density at radius 1 is 0.973 bits per heavy atom. The van der Waals surface area contributed by atoms with Gasteiger partial charge in [0.1, 0.15) is 12.4 Å². The van der Waals surface area contributed by atoms with Gasteiger partial charge in [-0.05, 0) is 49.2 Å². The zero-order valence-electron chi connectivity index (χ0n) is 21.0. The fourth-order valence-electron chi connectivity index (χ4n) is 4.21. The van der Waals surface area contributed by atoms with Crippen LogP contribution in [0.1, 0.15) is 31.7 Å². The van der Waals surface area contributed by atoms with E-state index in [4.69, 9.17) is 0 Å². The Bertz CT molecular complexity index is 1250. The predicted molar refractivity (Wildman–Crippen MR) is 150 cm³/mol. The highest BCUT2D eigenvalue weighted by atomic mass is 32.2. The number of amides is 2. The molecular weight excluding hydrogens is 485 g/mol. The molecule has 0 atom stereocenters. The van der Waals surface area contributed by atoms with E-state index in [0.29, 0.717) is 22.7 Å². The SMILES string of the molecule is CCCCN(CCCNC(=O)CN1C(=O)/C(=C/c2ccccc2F)Sc2ccccc21)c1ccccc1. The van der Waals surface area contributed by atoms with Crippen molar-refractivity contribution in [3.8, 4) is 0 Å². The number of carbonyl (C=O) groups is 2. The number of carbonyl (C=O) groups excluding carboxylic acids is 2. The van der Waals surface area contributed by atoms with Crippen molar-refractivity contribution in [1.29, 1.82) is 0 Å². The average molecular weight is 518 g/mol. The summed E-state index contributed by atoms with van der Waals surface area (Å²) in [5.74, 6) is -0.924. The Morgan fingerprint density at radius 3 is 2.46 bits per heavy atom. The van der Waals surface area contributed by atoms with Gasteiger partial charge in [0.25, 0.3) is 5.91 Å². The van der Waals surface area contributed by atoms with E-state index in [1.54, 1.807) is 24.3 Å². The van der Waals surface area contributed by atoms with Crippen LogP contribution in [0.15, 0.2) is 88.7 Å². The molecule has 0 radical (unpaired) electrons. The van der Waals surface area contributed by atoms with Crippen molar-refractivity contribution in [1.82, 2.24) is 5.32 Å². The van der Waals surface area contributed by atoms with Crippen molar-refractivity contribution >= 4 is 41.0 Å². The number of hydrogen-bond donors (Lipinski definition) is 1. The predicted octanol–water partition coefficient (Wildman–Crippen LogP) is 6.12. The number of anilines is 2. The lowest BCUT2D eigenvalue weighted by Gasteiger charge is -2.30. The molecule has 0 fully saturated rings. The van der Waals surface area contributed by atoms with Crippen LogP contribution in [0.25, 0.3) is 6.08 Å². The van der Waals surface area contributed by atoms with Crippen LogP contribution in [-0.2, 0) is 9.59 Å². The van der Waals surface area contributed by atoms with Gasteiger partial charge in [-0.3, -0.25) is 14.5 Å². The van der Waals surface area contributed by atoms with Gasteiger partial charge in [-0.15, -0.1) is 0 Å². The van der Waals surface area contributed by atoms with Gasteiger partial charge in [-0.1, -0.05) is 73.6 Å². The van der Waals surface area contributed by atoms with Gasteiger partial charge >= 0.3 is 0 Å². The van der Waals surface area contributed by atoms with Gasteiger partial charge in [-0.25, -0.2) is 4.39 Å². The molecule has 7 heteroatoms. The molecule has 0 bridgehead atoms. The normalized spacial score (nSPS) is 13.9. The summed E-state index contributed by atoms with van der Waals surface area (Å²) in [7, 11) is 0. The standard InChI is InChI=1S/C30H32FN3O2S/c1-2-3-19-33(24-13-5-4-6-14-24)20-11-18-32-29(35)22-34-26-16-9-10-17-27(26)37-28(30(34)36)21-23-12-7-8-15-25(23)31/h4-10,12-17,21H,2-3,11,18-20,22H2,1H3,(H,32,35)/b28-21-. The molecule has 2 amide bonds. The molecule has 1 N–H and O–H groups in total. The number of nitrogens with zero attached hydrogens (tertiary/aromatic N) is 2. The van der Waals surface area contributed by atoms with Crippen LogP contribution in [0, 0.1) is 5.82 Å². The summed E-state index contributed by atoms with van der Waals surface area (Å²) < 4.78 is 14.2. The lowest BCUT2D eigenvalue weighted by Crippen LogP contribution is -2.43. The second-order valence-corrected chi connectivity index (χ2v) is 9.95. The van der Waals surface area contributed by atoms with Gasteiger partial charge in [0.05, 0.1) is 10.6 Å². The molecule has 37 heavy (non-hydrogen) atoms. The van der Waals surface area contributed by atoms with Crippen LogP contribution >= 0.6 is 11.8 Å². The minimum atomic E-state index is -0.393. The fourth-order valence-corrected chi connectivity index (χ4v) is 5.26. The third-order valence-corrected chi connectivity index (χ3v) is 7.23. The Hall–Kier alpha value is -3.58. The minimum Gasteiger partial charge on any atom is -0.371 e. The third-order valence-electron chi connectivity index (χ3n) is 6.16. The van der Waals surface area contributed by atoms with Crippen molar-refractivity contribution in [2.24, 2.45) is 0 Å². The van der Waals surface area contributed by atoms with E-state index in [-0.39, 0.29) is 18.4 Å². The number of fused-ring (bicyclic) bond motifs is 1. The molecule has 0 aromatic heterocycles. The molecule has 5 nitrogen and oxygen atoms in total. The maximum Gasteiger partial charge on any atom is 0.265 e. The van der Waals surface area contributed by atoms with E-state index >= 15 is 0 Å². The molecule has 0 spiro atoms. The smallest absolute Gasteiger partial charge is 0.265 e. The first-order valence-electron chi connectivity index (χ1n) is 12.7. The number of benzene rings is 3. The molecule has 0 saturated carbocycles. The number of thioether (sulfide) groups is 1. The third kappa shape index (κ3) is 7.01. The molecule has 3 aromatic carbocycles. The quantitative estimate of drug-likeness (QED) is 0.246. The van der Waals surface area contributed by atoms with Crippen LogP contribution in [-0.4, -0.2) is 38.0 Å². The summed E-state index contributed by atoms with van der Waals surface area (Å²) in [6.07, 6.45) is 4.58. The molecular formula is C30H32FN3O2S. The highest BCUT2D eigenvalue weighted by Crippen LogP contribution is 2.42. The lowest BCUT2D eigenvalue weighted by molar-refractivity contribution is -0.122. The number of nitrogens with one attached hydrogen (secondary N) is 1. The van der Waals surface area contributed by atoms with Crippen molar-refractivity contribution < 1.29 is 14.0 Å². The van der Waals surface area contributed by atoms with Gasteiger partial charge in [-0.2, -0.15) is 0 Å². The number of unbranched alkanes of at least 4 members (excludes halogenated alkanes) is 1. The highest BCUT2D eigenvalue weighted by Gasteiger charge is 2.30. The van der Waals surface area contributed by atoms with Crippen LogP contribution < -0.4 is 15.1 Å². The van der Waals surface area contributed by atoms with E-state index in [0.717, 1.165) is 37.2 Å². The molecule has 0 aliphatic carbocycles. The van der Waals surface area contributed by atoms with E-state index in [2.05, 4.69) is 29.3 Å². The molecule has 4 rings (SSSR count). The molecule has 1 aliphatic heterocycles. The first-order chi connectivity index (χ1) is 18.1. The van der Waals surface area contributed by atoms with Crippen LogP contribution in [0.4, 0.5) is 15.8 Å². The topological polar surface area (TPSA) is 52.7 Å². The summed E-state index contributed by atoms with van der Waals surface area (Å²) >= 11 is 1.29. The second kappa shape index (κ2) is 13.1. The molecule has 1 aliphatic rings. The summed E-state index contributed by atoms with van der Waals surface area (Å²) in [5.41, 5.74) is 2.21. The van der Waals surface area contributed by atoms with E-state index in [1.165, 1.54) is 28.4 Å². The summed E-state index contributed by atoms with van der Waals surface area (Å²) in [6, 6.07) is 24.1. The van der Waals surface area contributed by atoms with Crippen LogP contribution in [0.5, 0.6) is 0 Å². The number of halogens is 1. The summed E-state index contributed by atoms with van der Waals surface area (Å²) in [6.45, 7) is 4.41. The summed E-state index contributed by atoms with van der Waals surface area (Å²) in [4.78, 5) is 31.3. The first-order valence-corrected chi connectivity index (χ1v) is 13.5. The zero-order valence-corrected chi connectivity index (χ0v) is 21.8. The van der Waals surface area contributed by atoms with Gasteiger partial charge in [0.2, 0.25) is 5.91 Å². The molecule has 0 unspecified atom stereocenters. The molecule has 192 valence electrons. The Morgan fingerprint density at radius 2 is 1.68 bits per heavy atom. The van der Waals surface area contributed by atoms with Gasteiger partial charge in [0.15, 0.2) is 0 Å². The van der Waals surface area contributed by atoms with Crippen molar-refractivity contribution in [2.45, 2.75) is 31.1 Å². The van der Waals surface area contributed by atoms with Crippen LogP contribution in [0.3, 0.4) is 0 Å². The Balaban J connectivity index is 1.39. The Labute approximate surface area is 222 Å². The number of hydrogen-bond acceptors (Lipinski definition) is 4. The van der Waals surface area contributed by atoms with Crippen molar-refractivity contribution in [3.05, 3.63) is 95.1 Å². The maximum absolute atomic E-state index is 14.2. The molecule has 3 aromatic rings. The lowest BCUT2D eigenvalue weighted by atomic mass is 10.2. The van der Waals surface area contributed by atoms with Gasteiger partial charge in [0, 0.05) is 35.8 Å². The average Bonchev–Trinajstić information content (AvgIpc) is 2.92. The summed E-state index contributed by atoms with van der Waals surface area (Å²) in [5, 5.41) is 2.97. The second-order valence-electron chi connectivity index (χ2n) is 8.87. The Kier molecular flexibility index (Phi) is 9.38. The number of para-hydroxylation sites is 2. The maximum atomic E-state index is 14.2. The monoisotopic (exact) mass is 517 g/mol. The number of rotatable bonds is 11. The molecule has 0 saturated heterocycles.